The Bertz CT molecular complexity index is 693. The minimum Gasteiger partial charge on any atom is -0.375 e. The molecule has 2 aliphatic rings. The maximum Gasteiger partial charge on any atom is 0.180 e. The summed E-state index contributed by atoms with van der Waals surface area (Å²) in [5.74, 6) is 0. The first kappa shape index (κ1) is 18.8. The zero-order chi connectivity index (χ0) is 18.5. The van der Waals surface area contributed by atoms with Crippen LogP contribution >= 0.6 is 11.3 Å². The van der Waals surface area contributed by atoms with E-state index in [1.807, 2.05) is 18.5 Å². The van der Waals surface area contributed by atoms with Gasteiger partial charge < -0.3 is 10.5 Å². The molecule has 0 radical (unpaired) electrons. The Labute approximate surface area is 165 Å². The van der Waals surface area contributed by atoms with Gasteiger partial charge in [0.1, 0.15) is 0 Å². The van der Waals surface area contributed by atoms with Crippen LogP contribution in [-0.2, 0) is 17.8 Å². The van der Waals surface area contributed by atoms with Crippen LogP contribution < -0.4 is 5.73 Å². The molecule has 0 aliphatic carbocycles. The van der Waals surface area contributed by atoms with Gasteiger partial charge in [-0.15, -0.1) is 11.3 Å². The molecule has 2 N–H and O–H groups in total. The molecule has 0 bridgehead atoms. The van der Waals surface area contributed by atoms with E-state index >= 15 is 0 Å². The van der Waals surface area contributed by atoms with Crippen molar-refractivity contribution in [2.24, 2.45) is 0 Å². The molecule has 0 atom stereocenters. The van der Waals surface area contributed by atoms with Crippen LogP contribution in [0.1, 0.15) is 36.3 Å². The van der Waals surface area contributed by atoms with Gasteiger partial charge in [-0.1, -0.05) is 6.07 Å². The van der Waals surface area contributed by atoms with Crippen molar-refractivity contribution in [3.8, 4) is 0 Å². The summed E-state index contributed by atoms with van der Waals surface area (Å²) in [6.07, 6.45) is 9.14. The molecule has 7 heteroatoms. The summed E-state index contributed by atoms with van der Waals surface area (Å²) in [5, 5.41) is 0.664. The number of rotatable bonds is 6. The molecule has 2 fully saturated rings. The second-order valence-corrected chi connectivity index (χ2v) is 8.72. The fourth-order valence-corrected chi connectivity index (χ4v) is 4.74. The minimum absolute atomic E-state index is 0.417. The molecule has 0 amide bonds. The number of anilines is 1. The topological polar surface area (TPSA) is 67.5 Å². The standard InChI is InChI=1S/C20H29N5OS/c21-20-23-13-19(27-20)15-25-11-6-18(7-12-25)26-17-4-9-24(10-5-17)14-16-3-1-2-8-22-16/h1-3,8,13,17-18H,4-7,9-12,14-15H2,(H2,21,23). The third-order valence-electron chi connectivity index (χ3n) is 5.52. The van der Waals surface area contributed by atoms with Crippen molar-refractivity contribution >= 4 is 16.5 Å². The summed E-state index contributed by atoms with van der Waals surface area (Å²) >= 11 is 1.60. The van der Waals surface area contributed by atoms with Gasteiger partial charge in [0.05, 0.1) is 17.9 Å². The molecule has 4 rings (SSSR count). The molecule has 146 valence electrons. The number of nitrogens with two attached hydrogens (primary N) is 1. The highest BCUT2D eigenvalue weighted by Crippen LogP contribution is 2.24. The fourth-order valence-electron chi connectivity index (χ4n) is 4.02. The van der Waals surface area contributed by atoms with Gasteiger partial charge >= 0.3 is 0 Å². The second kappa shape index (κ2) is 9.10. The lowest BCUT2D eigenvalue weighted by Gasteiger charge is -2.37. The molecule has 27 heavy (non-hydrogen) atoms. The molecule has 2 saturated heterocycles. The number of piperidine rings is 2. The number of hydrogen-bond donors (Lipinski definition) is 1. The first-order chi connectivity index (χ1) is 13.2. The van der Waals surface area contributed by atoms with Crippen LogP contribution in [0.5, 0.6) is 0 Å². The molecule has 2 aromatic heterocycles. The predicted molar refractivity (Wildman–Crippen MR) is 108 cm³/mol. The Morgan fingerprint density at radius 3 is 2.19 bits per heavy atom. The maximum absolute atomic E-state index is 6.43. The van der Waals surface area contributed by atoms with Crippen molar-refractivity contribution in [3.63, 3.8) is 0 Å². The molecule has 2 aromatic rings. The van der Waals surface area contributed by atoms with Crippen LogP contribution in [0.15, 0.2) is 30.6 Å². The van der Waals surface area contributed by atoms with Crippen LogP contribution in [-0.4, -0.2) is 58.2 Å². The van der Waals surface area contributed by atoms with E-state index in [9.17, 15) is 0 Å². The van der Waals surface area contributed by atoms with E-state index in [2.05, 4.69) is 31.9 Å². The van der Waals surface area contributed by atoms with Crippen LogP contribution in [0.3, 0.4) is 0 Å². The molecule has 0 spiro atoms. The third-order valence-corrected chi connectivity index (χ3v) is 6.33. The quantitative estimate of drug-likeness (QED) is 0.822. The van der Waals surface area contributed by atoms with Gasteiger partial charge in [-0.05, 0) is 37.8 Å². The van der Waals surface area contributed by atoms with Crippen LogP contribution in [0.2, 0.25) is 0 Å². The highest BCUT2D eigenvalue weighted by Gasteiger charge is 2.26. The first-order valence-corrected chi connectivity index (χ1v) is 10.8. The van der Waals surface area contributed by atoms with Gasteiger partial charge in [-0.2, -0.15) is 0 Å². The van der Waals surface area contributed by atoms with Crippen molar-refractivity contribution in [2.75, 3.05) is 31.9 Å². The maximum atomic E-state index is 6.43. The molecule has 6 nitrogen and oxygen atoms in total. The van der Waals surface area contributed by atoms with Gasteiger partial charge in [-0.3, -0.25) is 14.8 Å². The van der Waals surface area contributed by atoms with Crippen molar-refractivity contribution < 1.29 is 4.74 Å². The van der Waals surface area contributed by atoms with Crippen molar-refractivity contribution in [2.45, 2.75) is 51.0 Å². The van der Waals surface area contributed by atoms with Gasteiger partial charge in [-0.25, -0.2) is 4.98 Å². The zero-order valence-electron chi connectivity index (χ0n) is 15.8. The number of nitrogen functional groups attached to an aromatic ring is 1. The number of aromatic nitrogens is 2. The van der Waals surface area contributed by atoms with E-state index in [0.29, 0.717) is 17.3 Å². The van der Waals surface area contributed by atoms with E-state index < -0.39 is 0 Å². The van der Waals surface area contributed by atoms with E-state index in [1.165, 1.54) is 4.88 Å². The molecular formula is C20H29N5OS. The average molecular weight is 388 g/mol. The highest BCUT2D eigenvalue weighted by molar-refractivity contribution is 7.15. The van der Waals surface area contributed by atoms with E-state index in [-0.39, 0.29) is 0 Å². The van der Waals surface area contributed by atoms with Crippen LogP contribution in [0.4, 0.5) is 5.13 Å². The molecule has 0 unspecified atom stereocenters. The lowest BCUT2D eigenvalue weighted by atomic mass is 10.0. The Morgan fingerprint density at radius 2 is 1.63 bits per heavy atom. The summed E-state index contributed by atoms with van der Waals surface area (Å²) < 4.78 is 6.43. The van der Waals surface area contributed by atoms with Crippen molar-refractivity contribution in [1.29, 1.82) is 0 Å². The van der Waals surface area contributed by atoms with E-state index in [4.69, 9.17) is 10.5 Å². The monoisotopic (exact) mass is 387 g/mol. The number of pyridine rings is 1. The van der Waals surface area contributed by atoms with Gasteiger partial charge in [0.15, 0.2) is 5.13 Å². The smallest absolute Gasteiger partial charge is 0.180 e. The predicted octanol–water partition coefficient (Wildman–Crippen LogP) is 2.77. The van der Waals surface area contributed by atoms with E-state index in [1.54, 1.807) is 11.3 Å². The van der Waals surface area contributed by atoms with Crippen molar-refractivity contribution in [3.05, 3.63) is 41.2 Å². The fraction of sp³-hybridized carbons (Fsp3) is 0.600. The Balaban J connectivity index is 1.15. The number of ether oxygens (including phenoxy) is 1. The lowest BCUT2D eigenvalue weighted by molar-refractivity contribution is -0.0664. The molecule has 4 heterocycles. The number of thiazole rings is 1. The normalized spacial score (nSPS) is 20.9. The molecule has 0 aromatic carbocycles. The Hall–Kier alpha value is -1.54. The summed E-state index contributed by atoms with van der Waals surface area (Å²) in [5.41, 5.74) is 6.88. The van der Waals surface area contributed by atoms with Gasteiger partial charge in [0.25, 0.3) is 0 Å². The number of nitrogens with zero attached hydrogens (tertiary/aromatic N) is 4. The zero-order valence-corrected chi connectivity index (χ0v) is 16.6. The number of likely N-dealkylation sites (tertiary alicyclic amines) is 2. The SMILES string of the molecule is Nc1ncc(CN2CCC(OC3CCN(Cc4ccccn4)CC3)CC2)s1. The highest BCUT2D eigenvalue weighted by atomic mass is 32.1. The minimum atomic E-state index is 0.417. The van der Waals surface area contributed by atoms with Crippen LogP contribution in [0.25, 0.3) is 0 Å². The summed E-state index contributed by atoms with van der Waals surface area (Å²) in [6, 6.07) is 6.15. The average Bonchev–Trinajstić information content (AvgIpc) is 3.10. The molecule has 2 aliphatic heterocycles. The Morgan fingerprint density at radius 1 is 0.963 bits per heavy atom. The van der Waals surface area contributed by atoms with E-state index in [0.717, 1.165) is 70.6 Å². The Kier molecular flexibility index (Phi) is 6.34. The summed E-state index contributed by atoms with van der Waals surface area (Å²) in [7, 11) is 0. The van der Waals surface area contributed by atoms with Gasteiger partial charge in [0, 0.05) is 56.5 Å². The molecule has 0 saturated carbocycles. The lowest BCUT2D eigenvalue weighted by Crippen LogP contribution is -2.41. The summed E-state index contributed by atoms with van der Waals surface area (Å²) in [6.45, 7) is 6.32. The largest absolute Gasteiger partial charge is 0.375 e. The van der Waals surface area contributed by atoms with Crippen molar-refractivity contribution in [1.82, 2.24) is 19.8 Å². The second-order valence-electron chi connectivity index (χ2n) is 7.57. The van der Waals surface area contributed by atoms with Gasteiger partial charge in [0.2, 0.25) is 0 Å². The summed E-state index contributed by atoms with van der Waals surface area (Å²) in [4.78, 5) is 14.8. The molecular weight excluding hydrogens is 358 g/mol. The third kappa shape index (κ3) is 5.48. The number of hydrogen-bond acceptors (Lipinski definition) is 7. The first-order valence-electron chi connectivity index (χ1n) is 9.95. The van der Waals surface area contributed by atoms with Crippen LogP contribution in [0, 0.1) is 0 Å².